The molecule has 11 nitrogen and oxygen atoms in total. The number of hydrogen-bond acceptors (Lipinski definition) is 9. The molecule has 1 aliphatic heterocycles. The fraction of sp³-hybridized carbons (Fsp3) is 0.348. The lowest BCUT2D eigenvalue weighted by molar-refractivity contribution is -0.126. The molecule has 0 unspecified atom stereocenters. The van der Waals surface area contributed by atoms with Crippen molar-refractivity contribution in [3.63, 3.8) is 0 Å². The van der Waals surface area contributed by atoms with E-state index >= 15 is 0 Å². The van der Waals surface area contributed by atoms with Crippen LogP contribution in [-0.4, -0.2) is 55.9 Å². The minimum Gasteiger partial charge on any atom is -0.481 e. The Hall–Kier alpha value is -4.15. The average Bonchev–Trinajstić information content (AvgIpc) is 3.10. The molecular weight excluding hydrogens is 440 g/mol. The Morgan fingerprint density at radius 1 is 1.12 bits per heavy atom. The molecule has 3 amide bonds. The first-order valence-electron chi connectivity index (χ1n) is 10.6. The van der Waals surface area contributed by atoms with Gasteiger partial charge in [-0.2, -0.15) is 5.01 Å². The Morgan fingerprint density at radius 3 is 2.29 bits per heavy atom. The quantitative estimate of drug-likeness (QED) is 0.162. The topological polar surface area (TPSA) is 133 Å². The van der Waals surface area contributed by atoms with Gasteiger partial charge < -0.3 is 10.1 Å². The maximum atomic E-state index is 12.7. The first kappa shape index (κ1) is 26.1. The van der Waals surface area contributed by atoms with Crippen molar-refractivity contribution >= 4 is 34.2 Å². The smallest absolute Gasteiger partial charge is 0.302 e. The molecule has 1 N–H and O–H groups in total. The van der Waals surface area contributed by atoms with Gasteiger partial charge in [-0.15, -0.1) is 15.1 Å². The molecule has 2 aromatic carbocycles. The Balaban J connectivity index is 0.000000945. The molecular formula is C23H28N6O5. The molecule has 1 heterocycles. The van der Waals surface area contributed by atoms with Crippen LogP contribution in [0.3, 0.4) is 0 Å². The molecule has 180 valence electrons. The van der Waals surface area contributed by atoms with Gasteiger partial charge >= 0.3 is 5.91 Å². The second-order valence-corrected chi connectivity index (χ2v) is 7.28. The number of methoxy groups -OCH3 is 1. The number of ether oxygens (including phenoxy) is 1. The van der Waals surface area contributed by atoms with Gasteiger partial charge in [0.2, 0.25) is 11.6 Å². The molecule has 0 atom stereocenters. The second-order valence-electron chi connectivity index (χ2n) is 7.28. The van der Waals surface area contributed by atoms with Crippen LogP contribution in [0, 0.1) is 4.91 Å². The lowest BCUT2D eigenvalue weighted by Crippen LogP contribution is -2.25. The predicted molar refractivity (Wildman–Crippen MR) is 127 cm³/mol. The Morgan fingerprint density at radius 2 is 1.74 bits per heavy atom. The van der Waals surface area contributed by atoms with Crippen molar-refractivity contribution in [2.75, 3.05) is 28.3 Å². The van der Waals surface area contributed by atoms with Gasteiger partial charge in [0.25, 0.3) is 11.8 Å². The number of imide groups is 1. The normalized spacial score (nSPS) is 13.3. The van der Waals surface area contributed by atoms with E-state index in [4.69, 9.17) is 4.74 Å². The average molecular weight is 469 g/mol. The van der Waals surface area contributed by atoms with E-state index in [1.165, 1.54) is 34.0 Å². The molecule has 0 spiro atoms. The first-order chi connectivity index (χ1) is 16.3. The van der Waals surface area contributed by atoms with E-state index in [1.807, 2.05) is 0 Å². The number of rotatable bonds is 7. The lowest BCUT2D eigenvalue weighted by atomic mass is 9.99. The van der Waals surface area contributed by atoms with E-state index in [0.717, 1.165) is 11.9 Å². The van der Waals surface area contributed by atoms with Crippen LogP contribution in [0.2, 0.25) is 0 Å². The third kappa shape index (κ3) is 5.08. The van der Waals surface area contributed by atoms with E-state index < -0.39 is 17.7 Å². The van der Waals surface area contributed by atoms with Crippen LogP contribution < -0.4 is 5.32 Å². The van der Waals surface area contributed by atoms with Crippen molar-refractivity contribution in [2.24, 2.45) is 15.5 Å². The minimum atomic E-state index is -0.878. The second kappa shape index (κ2) is 11.6. The van der Waals surface area contributed by atoms with Crippen molar-refractivity contribution in [1.82, 2.24) is 15.2 Å². The van der Waals surface area contributed by atoms with Gasteiger partial charge in [0.05, 0.1) is 29.2 Å². The van der Waals surface area contributed by atoms with Crippen LogP contribution in [0.25, 0.3) is 10.8 Å². The number of likely N-dealkylation sites (N-methyl/N-ethyl adjacent to an activating group) is 1. The van der Waals surface area contributed by atoms with Gasteiger partial charge in [-0.25, -0.2) is 0 Å². The van der Waals surface area contributed by atoms with Gasteiger partial charge in [-0.1, -0.05) is 51.0 Å². The van der Waals surface area contributed by atoms with E-state index in [2.05, 4.69) is 34.7 Å². The molecule has 0 aliphatic carbocycles. The zero-order valence-corrected chi connectivity index (χ0v) is 20.1. The number of nitroso groups, excluding NO2 is 1. The third-order valence-electron chi connectivity index (χ3n) is 5.09. The molecule has 2 aromatic rings. The number of fused-ring (bicyclic) bond motifs is 3. The fourth-order valence-corrected chi connectivity index (χ4v) is 3.07. The van der Waals surface area contributed by atoms with Gasteiger partial charge in [-0.05, 0) is 16.8 Å². The number of nitrogens with one attached hydrogen (secondary N) is 1. The molecule has 0 bridgehead atoms. The predicted octanol–water partition coefficient (Wildman–Crippen LogP) is 4.13. The molecule has 0 radical (unpaired) electrons. The Kier molecular flexibility index (Phi) is 8.94. The lowest BCUT2D eigenvalue weighted by Gasteiger charge is -2.11. The fourth-order valence-electron chi connectivity index (χ4n) is 3.07. The molecule has 34 heavy (non-hydrogen) atoms. The SMILES string of the molecule is CCCC.CN/C(OC)=C(/N=Nc1cc2ccccc2c2c1C(=O)N(C)C2=O)C(=O)N(C)N=O. The van der Waals surface area contributed by atoms with Gasteiger partial charge in [-0.3, -0.25) is 19.3 Å². The van der Waals surface area contributed by atoms with Crippen LogP contribution in [0.5, 0.6) is 0 Å². The summed E-state index contributed by atoms with van der Waals surface area (Å²) in [6, 6.07) is 8.65. The molecule has 3 rings (SSSR count). The molecule has 11 heteroatoms. The van der Waals surface area contributed by atoms with Crippen molar-refractivity contribution < 1.29 is 19.1 Å². The number of carbonyl (C=O) groups excluding carboxylic acids is 3. The molecule has 0 aromatic heterocycles. The molecule has 1 aliphatic rings. The zero-order chi connectivity index (χ0) is 25.4. The van der Waals surface area contributed by atoms with Crippen LogP contribution in [-0.2, 0) is 9.53 Å². The monoisotopic (exact) mass is 468 g/mol. The van der Waals surface area contributed by atoms with Crippen molar-refractivity contribution in [1.29, 1.82) is 0 Å². The van der Waals surface area contributed by atoms with E-state index in [-0.39, 0.29) is 28.4 Å². The molecule has 0 saturated heterocycles. The number of carbonyl (C=O) groups is 3. The first-order valence-corrected chi connectivity index (χ1v) is 10.6. The van der Waals surface area contributed by atoms with Crippen molar-refractivity contribution in [3.8, 4) is 0 Å². The molecule has 0 saturated carbocycles. The molecule has 0 fully saturated rings. The maximum absolute atomic E-state index is 12.7. The number of nitrogens with zero attached hydrogens (tertiary/aromatic N) is 5. The summed E-state index contributed by atoms with van der Waals surface area (Å²) < 4.78 is 5.08. The summed E-state index contributed by atoms with van der Waals surface area (Å²) in [5, 5.41) is 15.0. The highest BCUT2D eigenvalue weighted by Gasteiger charge is 2.37. The van der Waals surface area contributed by atoms with Gasteiger partial charge in [0.1, 0.15) is 0 Å². The van der Waals surface area contributed by atoms with Crippen LogP contribution >= 0.6 is 0 Å². The number of unbranched alkanes of at least 4 members (excludes halogenated alkanes) is 1. The number of hydrogen-bond donors (Lipinski definition) is 1. The van der Waals surface area contributed by atoms with Gasteiger partial charge in [0, 0.05) is 21.1 Å². The van der Waals surface area contributed by atoms with Crippen LogP contribution in [0.4, 0.5) is 5.69 Å². The van der Waals surface area contributed by atoms with Crippen molar-refractivity contribution in [2.45, 2.75) is 26.7 Å². The largest absolute Gasteiger partial charge is 0.481 e. The summed E-state index contributed by atoms with van der Waals surface area (Å²) in [5.74, 6) is -1.92. The summed E-state index contributed by atoms with van der Waals surface area (Å²) in [7, 11) is 5.32. The maximum Gasteiger partial charge on any atom is 0.302 e. The highest BCUT2D eigenvalue weighted by Crippen LogP contribution is 2.37. The highest BCUT2D eigenvalue weighted by atomic mass is 16.5. The van der Waals surface area contributed by atoms with E-state index in [1.54, 1.807) is 30.3 Å². The number of amides is 3. The van der Waals surface area contributed by atoms with E-state index in [0.29, 0.717) is 15.8 Å². The number of benzene rings is 2. The standard InChI is InChI=1S/C19H18N6O5.C4H10/c1-20-16(30-4)15(19(28)25(3)23-29)22-21-12-9-10-7-5-6-8-11(10)13-14(12)18(27)24(2)17(13)26;1-3-4-2/h5-9,20H,1-4H3;3-4H2,1-2H3/b16-15-,22-21?;. The summed E-state index contributed by atoms with van der Waals surface area (Å²) in [4.78, 5) is 49.5. The van der Waals surface area contributed by atoms with Crippen LogP contribution in [0.1, 0.15) is 47.4 Å². The van der Waals surface area contributed by atoms with Crippen molar-refractivity contribution in [3.05, 3.63) is 57.9 Å². The van der Waals surface area contributed by atoms with Crippen LogP contribution in [0.15, 0.2) is 57.4 Å². The Labute approximate surface area is 197 Å². The minimum absolute atomic E-state index is 0.0591. The van der Waals surface area contributed by atoms with Gasteiger partial charge in [0.15, 0.2) is 0 Å². The van der Waals surface area contributed by atoms with E-state index in [9.17, 15) is 19.3 Å². The third-order valence-corrected chi connectivity index (χ3v) is 5.09. The number of azo groups is 1. The summed E-state index contributed by atoms with van der Waals surface area (Å²) >= 11 is 0. The zero-order valence-electron chi connectivity index (χ0n) is 20.1. The summed E-state index contributed by atoms with van der Waals surface area (Å²) in [5.41, 5.74) is 0.0693. The summed E-state index contributed by atoms with van der Waals surface area (Å²) in [6.07, 6.45) is 2.64. The highest BCUT2D eigenvalue weighted by molar-refractivity contribution is 6.28. The summed E-state index contributed by atoms with van der Waals surface area (Å²) in [6.45, 7) is 4.36. The Bertz CT molecular complexity index is 1170.